The molecule has 0 spiro atoms. The molecule has 0 aliphatic carbocycles. The van der Waals surface area contributed by atoms with E-state index in [2.05, 4.69) is 5.32 Å². The number of rotatable bonds is 7. The maximum Gasteiger partial charge on any atom is 0.342 e. The van der Waals surface area contributed by atoms with Crippen molar-refractivity contribution >= 4 is 11.9 Å². The third-order valence-corrected chi connectivity index (χ3v) is 3.45. The zero-order chi connectivity index (χ0) is 19.1. The number of ether oxygens (including phenoxy) is 3. The molecule has 1 N–H and O–H groups in total. The van der Waals surface area contributed by atoms with Gasteiger partial charge in [0.25, 0.3) is 5.91 Å². The van der Waals surface area contributed by atoms with Crippen molar-refractivity contribution in [2.75, 3.05) is 20.8 Å². The van der Waals surface area contributed by atoms with E-state index in [0.717, 1.165) is 12.1 Å². The molecule has 0 aromatic heterocycles. The van der Waals surface area contributed by atoms with Crippen molar-refractivity contribution in [3.63, 3.8) is 0 Å². The molecule has 2 aromatic rings. The average Bonchev–Trinajstić information content (AvgIpc) is 2.64. The molecule has 138 valence electrons. The van der Waals surface area contributed by atoms with Gasteiger partial charge in [-0.05, 0) is 18.2 Å². The minimum absolute atomic E-state index is 0.101. The van der Waals surface area contributed by atoms with Crippen LogP contribution >= 0.6 is 0 Å². The highest BCUT2D eigenvalue weighted by Crippen LogP contribution is 2.31. The van der Waals surface area contributed by atoms with Gasteiger partial charge in [-0.3, -0.25) is 4.79 Å². The molecular weight excluding hydrogens is 348 g/mol. The Labute approximate surface area is 148 Å². The van der Waals surface area contributed by atoms with Crippen LogP contribution in [0.3, 0.4) is 0 Å². The number of esters is 1. The molecule has 8 heteroatoms. The van der Waals surface area contributed by atoms with E-state index in [1.807, 2.05) is 0 Å². The number of para-hydroxylation sites is 1. The smallest absolute Gasteiger partial charge is 0.342 e. The fourth-order valence-electron chi connectivity index (χ4n) is 2.17. The van der Waals surface area contributed by atoms with Crippen LogP contribution in [-0.4, -0.2) is 32.7 Å². The number of amides is 1. The maximum absolute atomic E-state index is 13.5. The van der Waals surface area contributed by atoms with Crippen LogP contribution in [0.2, 0.25) is 0 Å². The first kappa shape index (κ1) is 19.2. The second-order valence-electron chi connectivity index (χ2n) is 5.13. The van der Waals surface area contributed by atoms with Crippen LogP contribution in [0.4, 0.5) is 8.78 Å². The van der Waals surface area contributed by atoms with Crippen molar-refractivity contribution in [3.05, 3.63) is 59.2 Å². The van der Waals surface area contributed by atoms with E-state index in [1.165, 1.54) is 26.4 Å². The zero-order valence-corrected chi connectivity index (χ0v) is 14.2. The van der Waals surface area contributed by atoms with Crippen molar-refractivity contribution in [2.24, 2.45) is 0 Å². The molecule has 0 bridgehead atoms. The predicted molar refractivity (Wildman–Crippen MR) is 88.0 cm³/mol. The number of benzene rings is 2. The molecule has 26 heavy (non-hydrogen) atoms. The molecule has 6 nitrogen and oxygen atoms in total. The summed E-state index contributed by atoms with van der Waals surface area (Å²) in [4.78, 5) is 23.9. The predicted octanol–water partition coefficient (Wildman–Crippen LogP) is 2.46. The van der Waals surface area contributed by atoms with Gasteiger partial charge in [0.2, 0.25) is 0 Å². The summed E-state index contributed by atoms with van der Waals surface area (Å²) >= 11 is 0. The molecule has 0 atom stereocenters. The zero-order valence-electron chi connectivity index (χ0n) is 14.2. The van der Waals surface area contributed by atoms with E-state index in [0.29, 0.717) is 5.75 Å². The second-order valence-corrected chi connectivity index (χ2v) is 5.13. The van der Waals surface area contributed by atoms with E-state index < -0.39 is 30.1 Å². The molecule has 0 unspecified atom stereocenters. The molecule has 0 saturated carbocycles. The molecule has 0 saturated heterocycles. The SMILES string of the molecule is COc1cccc(C(=O)OCC(=O)NCc2ccc(F)cc2F)c1OC. The molecular formula is C18H17F2NO5. The van der Waals surface area contributed by atoms with Gasteiger partial charge in [-0.1, -0.05) is 12.1 Å². The third-order valence-electron chi connectivity index (χ3n) is 3.45. The molecule has 1 amide bonds. The normalized spacial score (nSPS) is 10.2. The number of hydrogen-bond acceptors (Lipinski definition) is 5. The number of nitrogens with one attached hydrogen (secondary N) is 1. The Morgan fingerprint density at radius 3 is 2.50 bits per heavy atom. The largest absolute Gasteiger partial charge is 0.493 e. The van der Waals surface area contributed by atoms with Crippen LogP contribution < -0.4 is 14.8 Å². The molecule has 2 aromatic carbocycles. The summed E-state index contributed by atoms with van der Waals surface area (Å²) in [7, 11) is 2.80. The lowest BCUT2D eigenvalue weighted by molar-refractivity contribution is -0.124. The minimum Gasteiger partial charge on any atom is -0.493 e. The number of hydrogen-bond donors (Lipinski definition) is 1. The lowest BCUT2D eigenvalue weighted by Crippen LogP contribution is -2.28. The first-order chi connectivity index (χ1) is 12.5. The van der Waals surface area contributed by atoms with Crippen molar-refractivity contribution in [1.29, 1.82) is 0 Å². The van der Waals surface area contributed by atoms with E-state index >= 15 is 0 Å². The first-order valence-electron chi connectivity index (χ1n) is 7.55. The van der Waals surface area contributed by atoms with E-state index in [9.17, 15) is 18.4 Å². The molecule has 0 fully saturated rings. The maximum atomic E-state index is 13.5. The van der Waals surface area contributed by atoms with Crippen molar-refractivity contribution < 1.29 is 32.6 Å². The van der Waals surface area contributed by atoms with Crippen molar-refractivity contribution in [3.8, 4) is 11.5 Å². The van der Waals surface area contributed by atoms with E-state index in [1.54, 1.807) is 12.1 Å². The number of methoxy groups -OCH3 is 2. The van der Waals surface area contributed by atoms with Crippen molar-refractivity contribution in [2.45, 2.75) is 6.54 Å². The van der Waals surface area contributed by atoms with Crippen LogP contribution in [0.15, 0.2) is 36.4 Å². The summed E-state index contributed by atoms with van der Waals surface area (Å²) in [5, 5.41) is 2.38. The van der Waals surface area contributed by atoms with Crippen LogP contribution in [0.25, 0.3) is 0 Å². The molecule has 2 rings (SSSR count). The highest BCUT2D eigenvalue weighted by molar-refractivity contribution is 5.94. The highest BCUT2D eigenvalue weighted by Gasteiger charge is 2.18. The summed E-state index contributed by atoms with van der Waals surface area (Å²) in [6, 6.07) is 7.68. The summed E-state index contributed by atoms with van der Waals surface area (Å²) in [6.07, 6.45) is 0. The second kappa shape index (κ2) is 8.80. The molecule has 0 radical (unpaired) electrons. The van der Waals surface area contributed by atoms with Gasteiger partial charge in [0.05, 0.1) is 14.2 Å². The number of halogens is 2. The van der Waals surface area contributed by atoms with Gasteiger partial charge in [-0.15, -0.1) is 0 Å². The topological polar surface area (TPSA) is 73.9 Å². The Morgan fingerprint density at radius 2 is 1.85 bits per heavy atom. The van der Waals surface area contributed by atoms with Gasteiger partial charge in [0, 0.05) is 18.2 Å². The van der Waals surface area contributed by atoms with Crippen LogP contribution in [0.5, 0.6) is 11.5 Å². The van der Waals surface area contributed by atoms with Crippen molar-refractivity contribution in [1.82, 2.24) is 5.32 Å². The van der Waals surface area contributed by atoms with Gasteiger partial charge in [-0.25, -0.2) is 13.6 Å². The standard InChI is InChI=1S/C18H17F2NO5/c1-24-15-5-3-4-13(17(15)25-2)18(23)26-10-16(22)21-9-11-6-7-12(19)8-14(11)20/h3-8H,9-10H2,1-2H3,(H,21,22). The lowest BCUT2D eigenvalue weighted by Gasteiger charge is -2.12. The van der Waals surface area contributed by atoms with Gasteiger partial charge >= 0.3 is 5.97 Å². The fraction of sp³-hybridized carbons (Fsp3) is 0.222. The van der Waals surface area contributed by atoms with Crippen LogP contribution in [-0.2, 0) is 16.1 Å². The van der Waals surface area contributed by atoms with E-state index in [-0.39, 0.29) is 23.4 Å². The Kier molecular flexibility index (Phi) is 6.48. The minimum atomic E-state index is -0.775. The van der Waals surface area contributed by atoms with Gasteiger partial charge < -0.3 is 19.5 Å². The highest BCUT2D eigenvalue weighted by atomic mass is 19.1. The Bertz CT molecular complexity index is 810. The monoisotopic (exact) mass is 365 g/mol. The number of carbonyl (C=O) groups is 2. The first-order valence-corrected chi connectivity index (χ1v) is 7.55. The number of carbonyl (C=O) groups excluding carboxylic acids is 2. The summed E-state index contributed by atoms with van der Waals surface area (Å²) in [6.45, 7) is -0.729. The van der Waals surface area contributed by atoms with Gasteiger partial charge in [-0.2, -0.15) is 0 Å². The average molecular weight is 365 g/mol. The summed E-state index contributed by atoms with van der Waals surface area (Å²) < 4.78 is 41.5. The quantitative estimate of drug-likeness (QED) is 0.763. The molecule has 0 aliphatic rings. The van der Waals surface area contributed by atoms with Crippen LogP contribution in [0, 0.1) is 11.6 Å². The third kappa shape index (κ3) is 4.69. The van der Waals surface area contributed by atoms with Gasteiger partial charge in [0.15, 0.2) is 18.1 Å². The molecule has 0 aliphatic heterocycles. The van der Waals surface area contributed by atoms with Crippen LogP contribution in [0.1, 0.15) is 15.9 Å². The van der Waals surface area contributed by atoms with Gasteiger partial charge in [0.1, 0.15) is 17.2 Å². The summed E-state index contributed by atoms with van der Waals surface area (Å²) in [5.41, 5.74) is 0.213. The fourth-order valence-corrected chi connectivity index (χ4v) is 2.17. The Hall–Kier alpha value is -3.16. The lowest BCUT2D eigenvalue weighted by atomic mass is 10.2. The van der Waals surface area contributed by atoms with E-state index in [4.69, 9.17) is 14.2 Å². The molecule has 0 heterocycles. The Morgan fingerprint density at radius 1 is 1.08 bits per heavy atom. The summed E-state index contributed by atoms with van der Waals surface area (Å²) in [5.74, 6) is -2.36. The Balaban J connectivity index is 1.92.